The number of likely N-dealkylation sites (N-methyl/N-ethyl adjacent to an activating group) is 1. The van der Waals surface area contributed by atoms with E-state index < -0.39 is 0 Å². The molecule has 8 nitrogen and oxygen atoms in total. The van der Waals surface area contributed by atoms with Crippen molar-refractivity contribution in [3.63, 3.8) is 0 Å². The van der Waals surface area contributed by atoms with Crippen LogP contribution in [0.4, 0.5) is 17.5 Å². The smallest absolute Gasteiger partial charge is 0.269 e. The highest BCUT2D eigenvalue weighted by molar-refractivity contribution is 5.42. The first-order valence-corrected chi connectivity index (χ1v) is 8.63. The largest absolute Gasteiger partial charge is 0.363 e. The van der Waals surface area contributed by atoms with Crippen molar-refractivity contribution in [1.82, 2.24) is 14.9 Å². The summed E-state index contributed by atoms with van der Waals surface area (Å²) in [5.41, 5.74) is 1.22. The van der Waals surface area contributed by atoms with Crippen molar-refractivity contribution >= 4 is 17.5 Å². The van der Waals surface area contributed by atoms with E-state index in [0.717, 1.165) is 43.4 Å². The van der Waals surface area contributed by atoms with Gasteiger partial charge in [0, 0.05) is 65.1 Å². The molecule has 1 aromatic carbocycles. The van der Waals surface area contributed by atoms with Gasteiger partial charge < -0.3 is 9.80 Å². The lowest BCUT2D eigenvalue weighted by atomic mass is 10.2. The summed E-state index contributed by atoms with van der Waals surface area (Å²) < 4.78 is 0. The molecular weight excluding hydrogens is 332 g/mol. The maximum atomic E-state index is 10.8. The summed E-state index contributed by atoms with van der Waals surface area (Å²) in [4.78, 5) is 25.9. The van der Waals surface area contributed by atoms with Crippen molar-refractivity contribution in [1.29, 1.82) is 0 Å². The molecule has 0 spiro atoms. The second kappa shape index (κ2) is 7.65. The summed E-state index contributed by atoms with van der Waals surface area (Å²) in [7, 11) is 5.97. The third-order valence-corrected chi connectivity index (χ3v) is 4.75. The Hall–Kier alpha value is -2.74. The number of non-ortho nitro benzene ring substituents is 1. The zero-order valence-electron chi connectivity index (χ0n) is 15.4. The molecule has 2 heterocycles. The van der Waals surface area contributed by atoms with Gasteiger partial charge in [0.15, 0.2) is 0 Å². The Labute approximate surface area is 153 Å². The SMILES string of the molecule is CN(C)c1ccnc(N(C)C2CCN(Cc3ccc([N+](=O)[O-])cc3)C2)n1. The van der Waals surface area contributed by atoms with Gasteiger partial charge in [0.2, 0.25) is 5.95 Å². The van der Waals surface area contributed by atoms with Gasteiger partial charge in [-0.2, -0.15) is 4.98 Å². The first kappa shape index (κ1) is 18.1. The summed E-state index contributed by atoms with van der Waals surface area (Å²) >= 11 is 0. The maximum absolute atomic E-state index is 10.8. The number of likely N-dealkylation sites (tertiary alicyclic amines) is 1. The molecule has 8 heteroatoms. The lowest BCUT2D eigenvalue weighted by molar-refractivity contribution is -0.384. The van der Waals surface area contributed by atoms with E-state index >= 15 is 0 Å². The highest BCUT2D eigenvalue weighted by atomic mass is 16.6. The quantitative estimate of drug-likeness (QED) is 0.580. The molecule has 0 radical (unpaired) electrons. The van der Waals surface area contributed by atoms with Crippen LogP contribution in [0.3, 0.4) is 0 Å². The number of nitro groups is 1. The number of aromatic nitrogens is 2. The fourth-order valence-electron chi connectivity index (χ4n) is 3.17. The van der Waals surface area contributed by atoms with E-state index in [1.165, 1.54) is 0 Å². The zero-order chi connectivity index (χ0) is 18.7. The molecule has 1 atom stereocenters. The van der Waals surface area contributed by atoms with Crippen LogP contribution in [0, 0.1) is 10.1 Å². The van der Waals surface area contributed by atoms with Gasteiger partial charge in [-0.3, -0.25) is 15.0 Å². The summed E-state index contributed by atoms with van der Waals surface area (Å²) in [5.74, 6) is 1.63. The summed E-state index contributed by atoms with van der Waals surface area (Å²) in [6, 6.07) is 9.04. The van der Waals surface area contributed by atoms with Crippen molar-refractivity contribution in [2.75, 3.05) is 44.0 Å². The van der Waals surface area contributed by atoms with Gasteiger partial charge in [0.05, 0.1) is 4.92 Å². The molecule has 1 aromatic heterocycles. The van der Waals surface area contributed by atoms with Crippen LogP contribution in [0.1, 0.15) is 12.0 Å². The number of nitro benzene ring substituents is 1. The Kier molecular flexibility index (Phi) is 5.32. The fraction of sp³-hybridized carbons (Fsp3) is 0.444. The maximum Gasteiger partial charge on any atom is 0.269 e. The van der Waals surface area contributed by atoms with E-state index in [1.807, 2.05) is 44.2 Å². The van der Waals surface area contributed by atoms with Gasteiger partial charge in [0.25, 0.3) is 5.69 Å². The summed E-state index contributed by atoms with van der Waals surface area (Å²) in [6.45, 7) is 2.70. The van der Waals surface area contributed by atoms with Crippen molar-refractivity contribution in [3.05, 3.63) is 52.2 Å². The Morgan fingerprint density at radius 3 is 2.62 bits per heavy atom. The van der Waals surface area contributed by atoms with E-state index in [9.17, 15) is 10.1 Å². The predicted octanol–water partition coefficient (Wildman–Crippen LogP) is 2.16. The van der Waals surface area contributed by atoms with E-state index in [0.29, 0.717) is 6.04 Å². The number of anilines is 2. The van der Waals surface area contributed by atoms with Crippen molar-refractivity contribution in [2.24, 2.45) is 0 Å². The van der Waals surface area contributed by atoms with Crippen LogP contribution >= 0.6 is 0 Å². The van der Waals surface area contributed by atoms with Gasteiger partial charge in [0.1, 0.15) is 5.82 Å². The number of hydrogen-bond donors (Lipinski definition) is 0. The molecule has 1 aliphatic rings. The predicted molar refractivity (Wildman–Crippen MR) is 102 cm³/mol. The van der Waals surface area contributed by atoms with Crippen molar-refractivity contribution < 1.29 is 4.92 Å². The van der Waals surface area contributed by atoms with E-state index in [1.54, 1.807) is 18.3 Å². The topological polar surface area (TPSA) is 78.6 Å². The van der Waals surface area contributed by atoms with E-state index in [2.05, 4.69) is 19.8 Å². The minimum absolute atomic E-state index is 0.130. The fourth-order valence-corrected chi connectivity index (χ4v) is 3.17. The van der Waals surface area contributed by atoms with Crippen molar-refractivity contribution in [2.45, 2.75) is 19.0 Å². The van der Waals surface area contributed by atoms with Gasteiger partial charge in [-0.05, 0) is 18.1 Å². The molecule has 138 valence electrons. The normalized spacial score (nSPS) is 17.3. The summed E-state index contributed by atoms with van der Waals surface area (Å²) in [6.07, 6.45) is 2.83. The van der Waals surface area contributed by atoms with Crippen LogP contribution in [0.15, 0.2) is 36.5 Å². The molecule has 26 heavy (non-hydrogen) atoms. The second-order valence-corrected chi connectivity index (χ2v) is 6.82. The van der Waals surface area contributed by atoms with Crippen LogP contribution in [0.25, 0.3) is 0 Å². The van der Waals surface area contributed by atoms with Gasteiger partial charge in [-0.15, -0.1) is 0 Å². The summed E-state index contributed by atoms with van der Waals surface area (Å²) in [5, 5.41) is 10.8. The first-order valence-electron chi connectivity index (χ1n) is 8.63. The highest BCUT2D eigenvalue weighted by Crippen LogP contribution is 2.22. The molecule has 0 saturated carbocycles. The Balaban J connectivity index is 1.61. The van der Waals surface area contributed by atoms with Crippen LogP contribution < -0.4 is 9.80 Å². The number of nitrogens with zero attached hydrogens (tertiary/aromatic N) is 6. The lowest BCUT2D eigenvalue weighted by Gasteiger charge is -2.25. The number of hydrogen-bond acceptors (Lipinski definition) is 7. The minimum atomic E-state index is -0.369. The minimum Gasteiger partial charge on any atom is -0.363 e. The van der Waals surface area contributed by atoms with E-state index in [4.69, 9.17) is 0 Å². The average molecular weight is 356 g/mol. The molecule has 2 aromatic rings. The van der Waals surface area contributed by atoms with Crippen LogP contribution in [-0.2, 0) is 6.54 Å². The van der Waals surface area contributed by atoms with Gasteiger partial charge >= 0.3 is 0 Å². The van der Waals surface area contributed by atoms with Crippen LogP contribution in [0.5, 0.6) is 0 Å². The lowest BCUT2D eigenvalue weighted by Crippen LogP contribution is -2.35. The Morgan fingerprint density at radius 1 is 1.23 bits per heavy atom. The van der Waals surface area contributed by atoms with Gasteiger partial charge in [-0.25, -0.2) is 4.98 Å². The molecule has 0 bridgehead atoms. The first-order chi connectivity index (χ1) is 12.4. The second-order valence-electron chi connectivity index (χ2n) is 6.82. The third-order valence-electron chi connectivity index (χ3n) is 4.75. The molecule has 1 fully saturated rings. The standard InChI is InChI=1S/C18H24N6O2/c1-21(2)17-8-10-19-18(20-17)22(3)16-9-11-23(13-16)12-14-4-6-15(7-5-14)24(25)26/h4-8,10,16H,9,11-13H2,1-3H3. The molecule has 0 aliphatic carbocycles. The number of benzene rings is 1. The molecule has 1 saturated heterocycles. The Bertz CT molecular complexity index is 765. The monoisotopic (exact) mass is 356 g/mol. The molecule has 0 amide bonds. The zero-order valence-corrected chi connectivity index (χ0v) is 15.4. The number of rotatable bonds is 6. The Morgan fingerprint density at radius 2 is 1.96 bits per heavy atom. The average Bonchev–Trinajstić information content (AvgIpc) is 3.10. The molecule has 0 N–H and O–H groups in total. The third kappa shape index (κ3) is 4.08. The molecule has 1 aliphatic heterocycles. The molecule has 3 rings (SSSR count). The highest BCUT2D eigenvalue weighted by Gasteiger charge is 2.27. The molecule has 1 unspecified atom stereocenters. The van der Waals surface area contributed by atoms with Crippen molar-refractivity contribution in [3.8, 4) is 0 Å². The van der Waals surface area contributed by atoms with Crippen LogP contribution in [0.2, 0.25) is 0 Å². The van der Waals surface area contributed by atoms with Crippen LogP contribution in [-0.4, -0.2) is 60.1 Å². The molecular formula is C18H24N6O2. The van der Waals surface area contributed by atoms with Gasteiger partial charge in [-0.1, -0.05) is 12.1 Å². The van der Waals surface area contributed by atoms with E-state index in [-0.39, 0.29) is 10.6 Å².